The molecule has 0 saturated carbocycles. The van der Waals surface area contributed by atoms with Crippen LogP contribution >= 0.6 is 0 Å². The predicted octanol–water partition coefficient (Wildman–Crippen LogP) is 1.13. The van der Waals surface area contributed by atoms with Crippen molar-refractivity contribution in [3.63, 3.8) is 0 Å². The molecule has 0 bridgehead atoms. The first kappa shape index (κ1) is 14.4. The molecular weight excluding hydrogens is 290 g/mol. The van der Waals surface area contributed by atoms with Gasteiger partial charge in [0.25, 0.3) is 0 Å². The maximum atomic E-state index is 13.4. The number of nitrogens with one attached hydrogen (secondary N) is 2. The van der Waals surface area contributed by atoms with Gasteiger partial charge in [0.15, 0.2) is 0 Å². The summed E-state index contributed by atoms with van der Waals surface area (Å²) in [6, 6.07) is 5.05. The lowest BCUT2D eigenvalue weighted by Crippen LogP contribution is -2.24. The van der Waals surface area contributed by atoms with Gasteiger partial charge < -0.3 is 4.98 Å². The Balaban J connectivity index is 2.17. The third-order valence-electron chi connectivity index (χ3n) is 2.53. The summed E-state index contributed by atoms with van der Waals surface area (Å²) < 4.78 is 52.0. The van der Waals surface area contributed by atoms with E-state index in [9.17, 15) is 22.0 Å². The quantitative estimate of drug-likeness (QED) is 0.888. The number of pyridine rings is 1. The number of aromatic nitrogens is 1. The van der Waals surface area contributed by atoms with E-state index in [-0.39, 0.29) is 17.0 Å². The molecule has 20 heavy (non-hydrogen) atoms. The van der Waals surface area contributed by atoms with Crippen LogP contribution in [-0.2, 0) is 16.6 Å². The monoisotopic (exact) mass is 300 g/mol. The Kier molecular flexibility index (Phi) is 3.96. The molecule has 0 atom stereocenters. The summed E-state index contributed by atoms with van der Waals surface area (Å²) in [5.74, 6) is -1.58. The molecule has 0 aliphatic heterocycles. The number of rotatable bonds is 4. The third-order valence-corrected chi connectivity index (χ3v) is 3.93. The van der Waals surface area contributed by atoms with Crippen molar-refractivity contribution >= 4 is 10.0 Å². The normalized spacial score (nSPS) is 11.5. The SMILES string of the molecule is O=c1ccc(S(=O)(=O)NCc2ccc(F)cc2F)c[nH]1. The van der Waals surface area contributed by atoms with Crippen LogP contribution in [0.1, 0.15) is 5.56 Å². The van der Waals surface area contributed by atoms with E-state index < -0.39 is 27.2 Å². The predicted molar refractivity (Wildman–Crippen MR) is 67.4 cm³/mol. The zero-order chi connectivity index (χ0) is 14.8. The van der Waals surface area contributed by atoms with Crippen LogP contribution < -0.4 is 10.3 Å². The lowest BCUT2D eigenvalue weighted by Gasteiger charge is -2.07. The first-order valence-corrected chi connectivity index (χ1v) is 6.99. The van der Waals surface area contributed by atoms with Crippen molar-refractivity contribution in [1.82, 2.24) is 9.71 Å². The van der Waals surface area contributed by atoms with Crippen molar-refractivity contribution in [1.29, 1.82) is 0 Å². The first-order chi connectivity index (χ1) is 9.38. The summed E-state index contributed by atoms with van der Waals surface area (Å²) >= 11 is 0. The van der Waals surface area contributed by atoms with E-state index in [1.807, 2.05) is 0 Å². The molecule has 2 aromatic rings. The largest absolute Gasteiger partial charge is 0.328 e. The standard InChI is InChI=1S/C12H10F2N2O3S/c13-9-2-1-8(11(14)5-9)6-16-20(18,19)10-3-4-12(17)15-7-10/h1-5,7,16H,6H2,(H,15,17). The molecule has 1 aromatic heterocycles. The highest BCUT2D eigenvalue weighted by Gasteiger charge is 2.15. The maximum Gasteiger partial charge on any atom is 0.247 e. The van der Waals surface area contributed by atoms with Gasteiger partial charge in [0, 0.05) is 30.4 Å². The van der Waals surface area contributed by atoms with Gasteiger partial charge in [-0.1, -0.05) is 6.07 Å². The van der Waals surface area contributed by atoms with Crippen LogP contribution in [-0.4, -0.2) is 13.4 Å². The Hall–Kier alpha value is -2.06. The number of H-pyrrole nitrogens is 1. The van der Waals surface area contributed by atoms with Crippen molar-refractivity contribution < 1.29 is 17.2 Å². The molecule has 0 aliphatic carbocycles. The molecular formula is C12H10F2N2O3S. The third kappa shape index (κ3) is 3.28. The van der Waals surface area contributed by atoms with Crippen LogP contribution in [0.2, 0.25) is 0 Å². The van der Waals surface area contributed by atoms with Gasteiger partial charge in [0.1, 0.15) is 11.6 Å². The van der Waals surface area contributed by atoms with Gasteiger partial charge in [-0.3, -0.25) is 4.79 Å². The lowest BCUT2D eigenvalue weighted by atomic mass is 10.2. The van der Waals surface area contributed by atoms with Crippen LogP contribution in [0.15, 0.2) is 46.2 Å². The Morgan fingerprint density at radius 3 is 2.50 bits per heavy atom. The van der Waals surface area contributed by atoms with E-state index in [1.165, 1.54) is 0 Å². The van der Waals surface area contributed by atoms with Crippen molar-refractivity contribution in [3.8, 4) is 0 Å². The molecule has 106 valence electrons. The number of halogens is 2. The van der Waals surface area contributed by atoms with Crippen molar-refractivity contribution in [3.05, 3.63) is 64.1 Å². The minimum absolute atomic E-state index is 0.0133. The summed E-state index contributed by atoms with van der Waals surface area (Å²) in [5.41, 5.74) is -0.423. The van der Waals surface area contributed by atoms with E-state index >= 15 is 0 Å². The summed E-state index contributed by atoms with van der Waals surface area (Å²) in [7, 11) is -3.88. The molecule has 0 amide bonds. The molecule has 0 saturated heterocycles. The smallest absolute Gasteiger partial charge is 0.247 e. The molecule has 1 aromatic carbocycles. The molecule has 0 aliphatic rings. The minimum atomic E-state index is -3.88. The maximum absolute atomic E-state index is 13.4. The average Bonchev–Trinajstić information content (AvgIpc) is 2.38. The van der Waals surface area contributed by atoms with Gasteiger partial charge in [-0.15, -0.1) is 0 Å². The van der Waals surface area contributed by atoms with Gasteiger partial charge in [-0.05, 0) is 12.1 Å². The highest BCUT2D eigenvalue weighted by atomic mass is 32.2. The van der Waals surface area contributed by atoms with Gasteiger partial charge in [-0.2, -0.15) is 0 Å². The number of hydrogen-bond donors (Lipinski definition) is 2. The van der Waals surface area contributed by atoms with Crippen LogP contribution in [0.4, 0.5) is 8.78 Å². The van der Waals surface area contributed by atoms with Crippen molar-refractivity contribution in [2.45, 2.75) is 11.4 Å². The second-order valence-corrected chi connectivity index (χ2v) is 5.72. The number of aromatic amines is 1. The summed E-state index contributed by atoms with van der Waals surface area (Å²) in [6.07, 6.45) is 1.03. The van der Waals surface area contributed by atoms with E-state index in [2.05, 4.69) is 9.71 Å². The number of benzene rings is 1. The molecule has 0 unspecified atom stereocenters. The summed E-state index contributed by atoms with van der Waals surface area (Å²) in [6.45, 7) is -0.326. The van der Waals surface area contributed by atoms with E-state index in [1.54, 1.807) is 0 Å². The van der Waals surface area contributed by atoms with E-state index in [0.717, 1.165) is 30.5 Å². The van der Waals surface area contributed by atoms with Crippen LogP contribution in [0.25, 0.3) is 0 Å². The highest BCUT2D eigenvalue weighted by Crippen LogP contribution is 2.11. The summed E-state index contributed by atoms with van der Waals surface area (Å²) in [4.78, 5) is 12.9. The van der Waals surface area contributed by atoms with E-state index in [0.29, 0.717) is 6.07 Å². The van der Waals surface area contributed by atoms with Crippen molar-refractivity contribution in [2.24, 2.45) is 0 Å². The average molecular weight is 300 g/mol. The molecule has 0 radical (unpaired) electrons. The van der Waals surface area contributed by atoms with E-state index in [4.69, 9.17) is 0 Å². The topological polar surface area (TPSA) is 79.0 Å². The Morgan fingerprint density at radius 1 is 1.15 bits per heavy atom. The number of sulfonamides is 1. The zero-order valence-electron chi connectivity index (χ0n) is 10.1. The molecule has 0 spiro atoms. The van der Waals surface area contributed by atoms with Crippen LogP contribution in [0.5, 0.6) is 0 Å². The zero-order valence-corrected chi connectivity index (χ0v) is 10.9. The fraction of sp³-hybridized carbons (Fsp3) is 0.0833. The molecule has 5 nitrogen and oxygen atoms in total. The van der Waals surface area contributed by atoms with Gasteiger partial charge in [0.05, 0.1) is 4.90 Å². The molecule has 8 heteroatoms. The molecule has 2 rings (SSSR count). The Labute approximate surface area is 113 Å². The van der Waals surface area contributed by atoms with Crippen molar-refractivity contribution in [2.75, 3.05) is 0 Å². The second kappa shape index (κ2) is 5.51. The highest BCUT2D eigenvalue weighted by molar-refractivity contribution is 7.89. The van der Waals surface area contributed by atoms with Crippen LogP contribution in [0.3, 0.4) is 0 Å². The second-order valence-electron chi connectivity index (χ2n) is 3.95. The van der Waals surface area contributed by atoms with Gasteiger partial charge in [-0.25, -0.2) is 21.9 Å². The summed E-state index contributed by atoms with van der Waals surface area (Å²) in [5, 5.41) is 0. The van der Waals surface area contributed by atoms with Gasteiger partial charge >= 0.3 is 0 Å². The molecule has 2 N–H and O–H groups in total. The Bertz CT molecular complexity index is 767. The lowest BCUT2D eigenvalue weighted by molar-refractivity contribution is 0.562. The minimum Gasteiger partial charge on any atom is -0.328 e. The van der Waals surface area contributed by atoms with Gasteiger partial charge in [0.2, 0.25) is 15.6 Å². The molecule has 1 heterocycles. The van der Waals surface area contributed by atoms with Crippen LogP contribution in [0, 0.1) is 11.6 Å². The molecule has 0 fully saturated rings. The fourth-order valence-corrected chi connectivity index (χ4v) is 2.46. The first-order valence-electron chi connectivity index (χ1n) is 5.51. The number of hydrogen-bond acceptors (Lipinski definition) is 3. The fourth-order valence-electron chi connectivity index (χ4n) is 1.48. The Morgan fingerprint density at radius 2 is 1.90 bits per heavy atom.